The zero-order valence-corrected chi connectivity index (χ0v) is 11.6. The first-order valence-electron chi connectivity index (χ1n) is 5.18. The molecule has 1 rings (SSSR count). The van der Waals surface area contributed by atoms with Gasteiger partial charge in [-0.15, -0.1) is 0 Å². The molecule has 1 nitrogen and oxygen atoms in total. The third-order valence-corrected chi connectivity index (χ3v) is 3.52. The van der Waals surface area contributed by atoms with E-state index in [1.165, 1.54) is 5.56 Å². The SMILES string of the molecule is Cc1cc(C(O)C(C)(C)C)c(C)cc1Br. The van der Waals surface area contributed by atoms with Crippen LogP contribution in [0.5, 0.6) is 0 Å². The number of aryl methyl sites for hydroxylation is 2. The van der Waals surface area contributed by atoms with Crippen molar-refractivity contribution in [3.05, 3.63) is 33.3 Å². The molecule has 0 fully saturated rings. The molecule has 0 heterocycles. The Morgan fingerprint density at radius 2 is 1.67 bits per heavy atom. The minimum atomic E-state index is -0.413. The van der Waals surface area contributed by atoms with Crippen LogP contribution in [-0.4, -0.2) is 5.11 Å². The van der Waals surface area contributed by atoms with E-state index in [0.717, 1.165) is 15.6 Å². The third-order valence-electron chi connectivity index (χ3n) is 2.66. The Kier molecular flexibility index (Phi) is 3.62. The molecule has 2 heteroatoms. The summed E-state index contributed by atoms with van der Waals surface area (Å²) < 4.78 is 1.10. The monoisotopic (exact) mass is 270 g/mol. The molecule has 0 saturated heterocycles. The highest BCUT2D eigenvalue weighted by atomic mass is 79.9. The van der Waals surface area contributed by atoms with Crippen LogP contribution in [0.1, 0.15) is 43.6 Å². The lowest BCUT2D eigenvalue weighted by Crippen LogP contribution is -2.18. The Morgan fingerprint density at radius 3 is 2.13 bits per heavy atom. The zero-order valence-electron chi connectivity index (χ0n) is 10.1. The number of hydrogen-bond acceptors (Lipinski definition) is 1. The Labute approximate surface area is 101 Å². The molecule has 1 atom stereocenters. The second-order valence-corrected chi connectivity index (χ2v) is 6.08. The molecule has 1 N–H and O–H groups in total. The van der Waals surface area contributed by atoms with Gasteiger partial charge in [0.05, 0.1) is 6.10 Å². The number of halogens is 1. The van der Waals surface area contributed by atoms with Crippen LogP contribution >= 0.6 is 15.9 Å². The Hall–Kier alpha value is -0.340. The molecule has 1 aromatic rings. The van der Waals surface area contributed by atoms with Gasteiger partial charge in [0.2, 0.25) is 0 Å². The molecule has 84 valence electrons. The van der Waals surface area contributed by atoms with E-state index in [9.17, 15) is 5.11 Å². The molecule has 0 amide bonds. The zero-order chi connectivity index (χ0) is 11.8. The summed E-state index contributed by atoms with van der Waals surface area (Å²) in [6.07, 6.45) is -0.413. The van der Waals surface area contributed by atoms with Gasteiger partial charge in [-0.3, -0.25) is 0 Å². The summed E-state index contributed by atoms with van der Waals surface area (Å²) in [5.74, 6) is 0. The maximum atomic E-state index is 10.2. The van der Waals surface area contributed by atoms with Crippen molar-refractivity contribution in [1.82, 2.24) is 0 Å². The van der Waals surface area contributed by atoms with E-state index >= 15 is 0 Å². The normalized spacial score (nSPS) is 14.1. The highest BCUT2D eigenvalue weighted by Crippen LogP contribution is 2.35. The number of benzene rings is 1. The number of aliphatic hydroxyl groups is 1. The predicted octanol–water partition coefficient (Wildman–Crippen LogP) is 4.15. The molecule has 0 aliphatic heterocycles. The standard InChI is InChI=1S/C13H19BrO/c1-8-7-11(14)9(2)6-10(8)12(15)13(3,4)5/h6-7,12,15H,1-5H3. The molecule has 0 aromatic heterocycles. The molecule has 0 saturated carbocycles. The van der Waals surface area contributed by atoms with Gasteiger partial charge in [-0.25, -0.2) is 0 Å². The second-order valence-electron chi connectivity index (χ2n) is 5.23. The van der Waals surface area contributed by atoms with E-state index in [2.05, 4.69) is 48.8 Å². The molecule has 0 spiro atoms. The number of aliphatic hydroxyl groups excluding tert-OH is 1. The van der Waals surface area contributed by atoms with E-state index < -0.39 is 6.10 Å². The lowest BCUT2D eigenvalue weighted by Gasteiger charge is -2.28. The fourth-order valence-electron chi connectivity index (χ4n) is 1.56. The largest absolute Gasteiger partial charge is 0.388 e. The number of rotatable bonds is 1. The van der Waals surface area contributed by atoms with Crippen molar-refractivity contribution in [2.24, 2.45) is 5.41 Å². The average Bonchev–Trinajstić information content (AvgIpc) is 2.08. The summed E-state index contributed by atoms with van der Waals surface area (Å²) >= 11 is 3.50. The van der Waals surface area contributed by atoms with E-state index in [4.69, 9.17) is 0 Å². The molecule has 0 aliphatic carbocycles. The van der Waals surface area contributed by atoms with Crippen LogP contribution in [0.15, 0.2) is 16.6 Å². The first-order chi connectivity index (χ1) is 6.73. The highest BCUT2D eigenvalue weighted by molar-refractivity contribution is 9.10. The minimum Gasteiger partial charge on any atom is -0.388 e. The summed E-state index contributed by atoms with van der Waals surface area (Å²) in [5, 5.41) is 10.2. The molecule has 0 radical (unpaired) electrons. The summed E-state index contributed by atoms with van der Waals surface area (Å²) in [6.45, 7) is 10.2. The lowest BCUT2D eigenvalue weighted by molar-refractivity contribution is 0.0621. The Bertz CT molecular complexity index is 364. The maximum absolute atomic E-state index is 10.2. The van der Waals surface area contributed by atoms with E-state index in [0.29, 0.717) is 0 Å². The van der Waals surface area contributed by atoms with Crippen molar-refractivity contribution in [1.29, 1.82) is 0 Å². The van der Waals surface area contributed by atoms with Crippen molar-refractivity contribution in [2.75, 3.05) is 0 Å². The topological polar surface area (TPSA) is 20.2 Å². The fraction of sp³-hybridized carbons (Fsp3) is 0.538. The van der Waals surface area contributed by atoms with Crippen LogP contribution in [0.4, 0.5) is 0 Å². The van der Waals surface area contributed by atoms with Gasteiger partial charge in [-0.05, 0) is 42.0 Å². The molecule has 15 heavy (non-hydrogen) atoms. The fourth-order valence-corrected chi connectivity index (χ4v) is 2.02. The maximum Gasteiger partial charge on any atom is 0.0840 e. The van der Waals surface area contributed by atoms with E-state index in [1.807, 2.05) is 13.8 Å². The molecule has 1 aromatic carbocycles. The van der Waals surface area contributed by atoms with Crippen LogP contribution in [0.3, 0.4) is 0 Å². The third kappa shape index (κ3) is 2.82. The van der Waals surface area contributed by atoms with Crippen molar-refractivity contribution in [3.8, 4) is 0 Å². The van der Waals surface area contributed by atoms with Crippen molar-refractivity contribution in [2.45, 2.75) is 40.7 Å². The molecule has 1 unspecified atom stereocenters. The van der Waals surface area contributed by atoms with Gasteiger partial charge in [0, 0.05) is 4.47 Å². The molecular weight excluding hydrogens is 252 g/mol. The van der Waals surface area contributed by atoms with Gasteiger partial charge in [-0.2, -0.15) is 0 Å². The quantitative estimate of drug-likeness (QED) is 0.813. The Morgan fingerprint density at radius 1 is 1.13 bits per heavy atom. The minimum absolute atomic E-state index is 0.120. The molecule has 0 bridgehead atoms. The summed E-state index contributed by atoms with van der Waals surface area (Å²) in [5.41, 5.74) is 3.21. The van der Waals surface area contributed by atoms with Crippen molar-refractivity contribution in [3.63, 3.8) is 0 Å². The smallest absolute Gasteiger partial charge is 0.0840 e. The Balaban J connectivity index is 3.21. The van der Waals surface area contributed by atoms with Crippen molar-refractivity contribution >= 4 is 15.9 Å². The number of hydrogen-bond donors (Lipinski definition) is 1. The van der Waals surface area contributed by atoms with Gasteiger partial charge in [0.15, 0.2) is 0 Å². The highest BCUT2D eigenvalue weighted by Gasteiger charge is 2.25. The first-order valence-corrected chi connectivity index (χ1v) is 5.97. The van der Waals surface area contributed by atoms with Crippen LogP contribution in [0.2, 0.25) is 0 Å². The van der Waals surface area contributed by atoms with Gasteiger partial charge in [-0.1, -0.05) is 42.8 Å². The first kappa shape index (κ1) is 12.7. The average molecular weight is 271 g/mol. The summed E-state index contributed by atoms with van der Waals surface area (Å²) in [7, 11) is 0. The summed E-state index contributed by atoms with van der Waals surface area (Å²) in [6, 6.07) is 4.13. The lowest BCUT2D eigenvalue weighted by atomic mass is 9.83. The summed E-state index contributed by atoms with van der Waals surface area (Å²) in [4.78, 5) is 0. The van der Waals surface area contributed by atoms with Gasteiger partial charge >= 0.3 is 0 Å². The van der Waals surface area contributed by atoms with E-state index in [-0.39, 0.29) is 5.41 Å². The van der Waals surface area contributed by atoms with Gasteiger partial charge < -0.3 is 5.11 Å². The molecular formula is C13H19BrO. The van der Waals surface area contributed by atoms with Crippen LogP contribution < -0.4 is 0 Å². The second kappa shape index (κ2) is 4.26. The van der Waals surface area contributed by atoms with Crippen LogP contribution in [0, 0.1) is 19.3 Å². The van der Waals surface area contributed by atoms with Crippen LogP contribution in [-0.2, 0) is 0 Å². The van der Waals surface area contributed by atoms with Gasteiger partial charge in [0.25, 0.3) is 0 Å². The van der Waals surface area contributed by atoms with E-state index in [1.54, 1.807) is 0 Å². The van der Waals surface area contributed by atoms with Crippen molar-refractivity contribution < 1.29 is 5.11 Å². The molecule has 0 aliphatic rings. The van der Waals surface area contributed by atoms with Gasteiger partial charge in [0.1, 0.15) is 0 Å². The predicted molar refractivity (Wildman–Crippen MR) is 68.0 cm³/mol. The van der Waals surface area contributed by atoms with Crippen LogP contribution in [0.25, 0.3) is 0 Å².